The smallest absolute Gasteiger partial charge is 0.373 e. The Kier molecular flexibility index (Phi) is 4.58. The van der Waals surface area contributed by atoms with Crippen molar-refractivity contribution >= 4 is 11.8 Å². The lowest BCUT2D eigenvalue weighted by molar-refractivity contribution is -0.710. The van der Waals surface area contributed by atoms with Crippen molar-refractivity contribution in [3.63, 3.8) is 0 Å². The van der Waals surface area contributed by atoms with Crippen molar-refractivity contribution in [3.05, 3.63) is 71.1 Å². The van der Waals surface area contributed by atoms with Crippen LogP contribution in [0.5, 0.6) is 5.75 Å². The zero-order valence-corrected chi connectivity index (χ0v) is 17.3. The maximum absolute atomic E-state index is 13.2. The highest BCUT2D eigenvalue weighted by atomic mass is 16.4. The number of rotatable bonds is 4. The lowest BCUT2D eigenvalue weighted by atomic mass is 9.69. The summed E-state index contributed by atoms with van der Waals surface area (Å²) in [5.74, 6) is -1.32. The van der Waals surface area contributed by atoms with E-state index in [2.05, 4.69) is 0 Å². The van der Waals surface area contributed by atoms with Gasteiger partial charge in [0.2, 0.25) is 0 Å². The Morgan fingerprint density at radius 3 is 2.50 bits per heavy atom. The average molecular weight is 408 g/mol. The minimum absolute atomic E-state index is 0.113. The number of aromatic nitrogens is 1. The van der Waals surface area contributed by atoms with Crippen LogP contribution < -0.4 is 4.57 Å². The molecule has 0 spiro atoms. The number of carbonyl (C=O) groups is 2. The number of ketones is 1. The van der Waals surface area contributed by atoms with Crippen LogP contribution in [0, 0.1) is 11.3 Å². The Morgan fingerprint density at radius 1 is 1.20 bits per heavy atom. The fourth-order valence-electron chi connectivity index (χ4n) is 4.79. The molecule has 1 aromatic heterocycles. The molecule has 0 bridgehead atoms. The number of aliphatic carboxylic acids is 1. The van der Waals surface area contributed by atoms with Gasteiger partial charge in [-0.25, -0.2) is 4.79 Å². The van der Waals surface area contributed by atoms with Gasteiger partial charge in [0.1, 0.15) is 5.75 Å². The first-order valence-electron chi connectivity index (χ1n) is 10.1. The Labute approximate surface area is 175 Å². The van der Waals surface area contributed by atoms with Crippen molar-refractivity contribution < 1.29 is 29.5 Å². The maximum atomic E-state index is 13.2. The number of fused-ring (bicyclic) bond motifs is 2. The summed E-state index contributed by atoms with van der Waals surface area (Å²) in [5.41, 5.74) is 0.874. The van der Waals surface area contributed by atoms with Gasteiger partial charge in [0.05, 0.1) is 11.2 Å². The Morgan fingerprint density at radius 2 is 1.87 bits per heavy atom. The molecule has 3 atom stereocenters. The summed E-state index contributed by atoms with van der Waals surface area (Å²) in [6, 6.07) is 7.13. The summed E-state index contributed by atoms with van der Waals surface area (Å²) in [7, 11) is 0. The fourth-order valence-corrected chi connectivity index (χ4v) is 4.79. The van der Waals surface area contributed by atoms with Crippen LogP contribution in [0.3, 0.4) is 0 Å². The molecule has 2 aromatic rings. The molecule has 30 heavy (non-hydrogen) atoms. The molecule has 6 heteroatoms. The van der Waals surface area contributed by atoms with Crippen molar-refractivity contribution in [2.24, 2.45) is 11.3 Å². The van der Waals surface area contributed by atoms with E-state index in [0.717, 1.165) is 5.56 Å². The highest BCUT2D eigenvalue weighted by Crippen LogP contribution is 2.52. The van der Waals surface area contributed by atoms with Gasteiger partial charge in [0.15, 0.2) is 18.2 Å². The normalized spacial score (nSPS) is 25.3. The number of aromatic hydroxyl groups is 1. The Hall–Kier alpha value is -2.99. The second kappa shape index (κ2) is 6.77. The zero-order valence-electron chi connectivity index (χ0n) is 17.3. The molecule has 2 aliphatic carbocycles. The van der Waals surface area contributed by atoms with Crippen LogP contribution in [-0.2, 0) is 16.8 Å². The van der Waals surface area contributed by atoms with Gasteiger partial charge < -0.3 is 15.3 Å². The third kappa shape index (κ3) is 3.31. The van der Waals surface area contributed by atoms with Crippen molar-refractivity contribution in [3.8, 4) is 5.75 Å². The summed E-state index contributed by atoms with van der Waals surface area (Å²) in [4.78, 5) is 25.2. The number of carboxylic acids is 1. The van der Waals surface area contributed by atoms with Crippen molar-refractivity contribution in [1.82, 2.24) is 0 Å². The fraction of sp³-hybridized carbons (Fsp3) is 0.375. The van der Waals surface area contributed by atoms with E-state index >= 15 is 0 Å². The molecule has 0 saturated carbocycles. The summed E-state index contributed by atoms with van der Waals surface area (Å²) in [6.45, 7) is 5.82. The number of aliphatic hydroxyl groups is 1. The number of allylic oxidation sites excluding steroid dienone is 1. The number of carboxylic acid groups (broad SMARTS) is 1. The number of phenols is 1. The number of hydrogen-bond acceptors (Lipinski definition) is 4. The molecule has 0 unspecified atom stereocenters. The van der Waals surface area contributed by atoms with Gasteiger partial charge in [-0.3, -0.25) is 4.79 Å². The number of carbonyl (C=O) groups excluding carboxylic acids is 1. The Balaban J connectivity index is 1.76. The highest BCUT2D eigenvalue weighted by molar-refractivity contribution is 6.11. The van der Waals surface area contributed by atoms with E-state index in [9.17, 15) is 24.9 Å². The van der Waals surface area contributed by atoms with Gasteiger partial charge in [0, 0.05) is 29.5 Å². The van der Waals surface area contributed by atoms with Crippen molar-refractivity contribution in [2.75, 3.05) is 0 Å². The molecule has 1 aromatic carbocycles. The van der Waals surface area contributed by atoms with E-state index in [1.54, 1.807) is 37.5 Å². The van der Waals surface area contributed by atoms with Gasteiger partial charge in [-0.1, -0.05) is 32.1 Å². The third-order valence-electron chi connectivity index (χ3n) is 6.37. The van der Waals surface area contributed by atoms with E-state index in [-0.39, 0.29) is 29.3 Å². The first-order valence-corrected chi connectivity index (χ1v) is 10.1. The van der Waals surface area contributed by atoms with Gasteiger partial charge >= 0.3 is 5.97 Å². The average Bonchev–Trinajstić information content (AvgIpc) is 3.02. The summed E-state index contributed by atoms with van der Waals surface area (Å²) in [5, 5.41) is 30.6. The van der Waals surface area contributed by atoms with Crippen LogP contribution in [0.1, 0.15) is 54.7 Å². The summed E-state index contributed by atoms with van der Waals surface area (Å²) in [6.07, 6.45) is 6.00. The molecule has 6 nitrogen and oxygen atoms in total. The summed E-state index contributed by atoms with van der Waals surface area (Å²) >= 11 is 0. The maximum Gasteiger partial charge on any atom is 0.373 e. The zero-order chi connectivity index (χ0) is 21.8. The molecule has 0 amide bonds. The molecule has 3 N–H and O–H groups in total. The number of phenolic OH excluding ortho intramolecular Hbond substituents is 1. The lowest BCUT2D eigenvalue weighted by Crippen LogP contribution is -2.48. The van der Waals surface area contributed by atoms with Crippen LogP contribution in [-0.4, -0.2) is 27.1 Å². The molecular weight excluding hydrogens is 382 g/mol. The first-order chi connectivity index (χ1) is 14.0. The number of Topliss-reactive ketones (excluding diaryl/α,β-unsaturated/α-hetero) is 1. The predicted octanol–water partition coefficient (Wildman–Crippen LogP) is 2.92. The van der Waals surface area contributed by atoms with Gasteiger partial charge in [-0.05, 0) is 36.5 Å². The second-order valence-electron chi connectivity index (χ2n) is 9.27. The highest BCUT2D eigenvalue weighted by Gasteiger charge is 2.51. The summed E-state index contributed by atoms with van der Waals surface area (Å²) < 4.78 is 1.52. The van der Waals surface area contributed by atoms with E-state index in [4.69, 9.17) is 0 Å². The van der Waals surface area contributed by atoms with Gasteiger partial charge in [-0.15, -0.1) is 0 Å². The van der Waals surface area contributed by atoms with Crippen LogP contribution >= 0.6 is 0 Å². The SMILES string of the molecule is CC1(C)C=C2C(=O)c3c[n+]([C@H](Cc4ccc(O)cc4)C(=O)O)ccc3[C@](C)(O)[C@H]2C1. The first kappa shape index (κ1) is 20.3. The van der Waals surface area contributed by atoms with Gasteiger partial charge in [-0.2, -0.15) is 4.57 Å². The molecule has 1 heterocycles. The van der Waals surface area contributed by atoms with Crippen molar-refractivity contribution in [1.29, 1.82) is 0 Å². The molecular formula is C24H26NO5+. The molecule has 156 valence electrons. The number of benzene rings is 1. The van der Waals surface area contributed by atoms with E-state index in [0.29, 0.717) is 23.1 Å². The van der Waals surface area contributed by atoms with Crippen LogP contribution in [0.15, 0.2) is 54.4 Å². The van der Waals surface area contributed by atoms with Crippen molar-refractivity contribution in [2.45, 2.75) is 45.3 Å². The number of hydrogen-bond donors (Lipinski definition) is 3. The van der Waals surface area contributed by atoms with E-state index < -0.39 is 17.6 Å². The van der Waals surface area contributed by atoms with Crippen LogP contribution in [0.2, 0.25) is 0 Å². The third-order valence-corrected chi connectivity index (χ3v) is 6.37. The molecule has 0 saturated heterocycles. The monoisotopic (exact) mass is 408 g/mol. The van der Waals surface area contributed by atoms with Crippen LogP contribution in [0.4, 0.5) is 0 Å². The largest absolute Gasteiger partial charge is 0.508 e. The van der Waals surface area contributed by atoms with E-state index in [1.165, 1.54) is 16.7 Å². The predicted molar refractivity (Wildman–Crippen MR) is 109 cm³/mol. The van der Waals surface area contributed by atoms with Gasteiger partial charge in [0.25, 0.3) is 6.04 Å². The topological polar surface area (TPSA) is 98.7 Å². The number of pyridine rings is 1. The minimum Gasteiger partial charge on any atom is -0.508 e. The molecule has 0 aliphatic heterocycles. The Bertz CT molecular complexity index is 1070. The molecule has 0 radical (unpaired) electrons. The lowest BCUT2D eigenvalue weighted by Gasteiger charge is -2.37. The van der Waals surface area contributed by atoms with E-state index in [1.807, 2.05) is 19.9 Å². The second-order valence-corrected chi connectivity index (χ2v) is 9.27. The van der Waals surface area contributed by atoms with Crippen LogP contribution in [0.25, 0.3) is 0 Å². The standard InChI is InChI=1S/C24H25NO5/c1-23(2)11-16-19(12-23)24(3,30)18-8-9-25(13-17(18)21(16)27)20(22(28)29)10-14-4-6-15(26)7-5-14/h4-9,11,13,19-20,30H,10,12H2,1-3H3,(H-,26,28,29)/p+1/t19-,20+,24-/m0/s1. The number of nitrogens with zero attached hydrogens (tertiary/aromatic N) is 1. The minimum atomic E-state index is -1.20. The molecule has 2 aliphatic rings. The molecule has 0 fully saturated rings. The quantitative estimate of drug-likeness (QED) is 0.676. The molecule has 4 rings (SSSR count).